The molecule has 1 heterocycles. The molecule has 3 unspecified atom stereocenters. The number of nitrogens with one attached hydrogen (secondary N) is 7. The number of aliphatic hydroxyl groups is 1. The number of thioether (sulfide) groups is 1. The lowest BCUT2D eigenvalue weighted by Gasteiger charge is -2.29. The van der Waals surface area contributed by atoms with Gasteiger partial charge in [-0.3, -0.25) is 38.4 Å². The van der Waals surface area contributed by atoms with Crippen molar-refractivity contribution in [1.29, 1.82) is 0 Å². The lowest BCUT2D eigenvalue weighted by atomic mass is 9.92. The molecule has 0 aromatic carbocycles. The maximum atomic E-state index is 13.8. The van der Waals surface area contributed by atoms with Crippen molar-refractivity contribution in [1.82, 2.24) is 37.4 Å². The van der Waals surface area contributed by atoms with Crippen LogP contribution in [-0.2, 0) is 38.4 Å². The van der Waals surface area contributed by atoms with Crippen LogP contribution in [0.5, 0.6) is 0 Å². The summed E-state index contributed by atoms with van der Waals surface area (Å²) in [6.07, 6.45) is 2.47. The van der Waals surface area contributed by atoms with E-state index in [2.05, 4.69) is 44.0 Å². The summed E-state index contributed by atoms with van der Waals surface area (Å²) in [5, 5.41) is 32.7. The van der Waals surface area contributed by atoms with Gasteiger partial charge in [0, 0.05) is 25.1 Å². The van der Waals surface area contributed by atoms with Crippen LogP contribution < -0.4 is 48.9 Å². The number of aliphatic hydroxyl groups excluding tert-OH is 1. The number of carbonyl (C=O) groups is 8. The average Bonchev–Trinajstić information content (AvgIpc) is 3.15. The zero-order valence-corrected chi connectivity index (χ0v) is 33.9. The van der Waals surface area contributed by atoms with Crippen LogP contribution in [0.3, 0.4) is 0 Å². The number of hydrazine groups is 1. The van der Waals surface area contributed by atoms with Gasteiger partial charge in [0.05, 0.1) is 30.8 Å². The van der Waals surface area contributed by atoms with Gasteiger partial charge in [-0.15, -0.1) is 0 Å². The van der Waals surface area contributed by atoms with Gasteiger partial charge in [0.25, 0.3) is 0 Å². The summed E-state index contributed by atoms with van der Waals surface area (Å²) in [6, 6.07) is -7.95. The SMILES string of the molecule is C=C1N[C@@H](CO)C(=O)NC(C(=O)C(=O)[C@@H](NNC(C(N)=O)[C@@H](C)CC)C(C)C)CCCCNC(=O)CCC(NC(=O)[C@@H](N)CCC(=O)O)C(=O)N[C@H]1CCSC. The lowest BCUT2D eigenvalue weighted by molar-refractivity contribution is -0.141. The number of carboxylic acids is 1. The fraction of sp³-hybridized carbons (Fsp3) is 0.722. The van der Waals surface area contributed by atoms with Crippen LogP contribution in [0.25, 0.3) is 0 Å². The summed E-state index contributed by atoms with van der Waals surface area (Å²) < 4.78 is 0. The van der Waals surface area contributed by atoms with Crippen LogP contribution in [0.4, 0.5) is 0 Å². The normalized spacial score (nSPS) is 22.8. The second-order valence-electron chi connectivity index (χ2n) is 14.3. The Hall–Kier alpha value is -4.11. The van der Waals surface area contributed by atoms with E-state index in [4.69, 9.17) is 16.6 Å². The van der Waals surface area contributed by atoms with E-state index in [1.54, 1.807) is 13.8 Å². The third-order valence-corrected chi connectivity index (χ3v) is 10.1. The summed E-state index contributed by atoms with van der Waals surface area (Å²) in [4.78, 5) is 103. The Balaban J connectivity index is 3.38. The molecule has 318 valence electrons. The first-order valence-corrected chi connectivity index (χ1v) is 20.4. The Morgan fingerprint density at radius 3 is 2.20 bits per heavy atom. The third kappa shape index (κ3) is 17.4. The summed E-state index contributed by atoms with van der Waals surface area (Å²) in [5.41, 5.74) is 17.2. The molecule has 0 saturated carbocycles. The Morgan fingerprint density at radius 2 is 1.62 bits per heavy atom. The average molecular weight is 814 g/mol. The number of carboxylic acid groups (broad SMARTS) is 1. The first-order chi connectivity index (χ1) is 26.4. The molecule has 1 aliphatic heterocycles. The molecule has 8 atom stereocenters. The highest BCUT2D eigenvalue weighted by atomic mass is 32.2. The molecule has 19 nitrogen and oxygen atoms in total. The number of aliphatic carboxylic acids is 1. The van der Waals surface area contributed by atoms with Gasteiger partial charge in [-0.05, 0) is 62.4 Å². The number of hydrogen-bond acceptors (Lipinski definition) is 14. The number of nitrogens with two attached hydrogens (primary N) is 2. The van der Waals surface area contributed by atoms with Gasteiger partial charge in [0.15, 0.2) is 0 Å². The van der Waals surface area contributed by atoms with Crippen molar-refractivity contribution in [3.05, 3.63) is 12.3 Å². The van der Waals surface area contributed by atoms with Crippen molar-refractivity contribution >= 4 is 58.8 Å². The third-order valence-electron chi connectivity index (χ3n) is 9.49. The van der Waals surface area contributed by atoms with E-state index in [1.807, 2.05) is 20.1 Å². The van der Waals surface area contributed by atoms with Crippen molar-refractivity contribution in [2.75, 3.05) is 25.2 Å². The molecule has 0 aromatic rings. The second-order valence-corrected chi connectivity index (χ2v) is 15.3. The molecule has 5 amide bonds. The number of carbonyl (C=O) groups excluding carboxylic acids is 7. The second kappa shape index (κ2) is 25.9. The van der Waals surface area contributed by atoms with E-state index in [0.717, 1.165) is 0 Å². The lowest BCUT2D eigenvalue weighted by Crippen LogP contribution is -2.60. The Labute approximate surface area is 332 Å². The van der Waals surface area contributed by atoms with E-state index in [0.29, 0.717) is 25.0 Å². The summed E-state index contributed by atoms with van der Waals surface area (Å²) in [5.74, 6) is -6.42. The number of Topliss-reactive ketones (excluding diaryl/α,β-unsaturated/α-hetero) is 2. The highest BCUT2D eigenvalue weighted by molar-refractivity contribution is 7.98. The minimum absolute atomic E-state index is 0.00292. The van der Waals surface area contributed by atoms with Gasteiger partial charge in [-0.1, -0.05) is 40.7 Å². The fourth-order valence-corrected chi connectivity index (χ4v) is 6.16. The minimum Gasteiger partial charge on any atom is -0.481 e. The topological polar surface area (TPSA) is 313 Å². The molecule has 0 aromatic heterocycles. The molecular formula is C36H63N9O10S. The molecule has 0 radical (unpaired) electrons. The molecule has 0 spiro atoms. The zero-order valence-electron chi connectivity index (χ0n) is 33.1. The summed E-state index contributed by atoms with van der Waals surface area (Å²) in [7, 11) is 0. The van der Waals surface area contributed by atoms with Gasteiger partial charge in [0.1, 0.15) is 18.1 Å². The molecule has 13 N–H and O–H groups in total. The Kier molecular flexibility index (Phi) is 23.1. The van der Waals surface area contributed by atoms with Crippen molar-refractivity contribution in [3.8, 4) is 0 Å². The monoisotopic (exact) mass is 813 g/mol. The zero-order chi connectivity index (χ0) is 42.5. The van der Waals surface area contributed by atoms with Crippen LogP contribution in [0.1, 0.15) is 85.5 Å². The van der Waals surface area contributed by atoms with E-state index >= 15 is 0 Å². The van der Waals surface area contributed by atoms with E-state index in [9.17, 15) is 43.5 Å². The van der Waals surface area contributed by atoms with E-state index in [1.165, 1.54) is 11.8 Å². The van der Waals surface area contributed by atoms with E-state index in [-0.39, 0.29) is 56.7 Å². The van der Waals surface area contributed by atoms with Gasteiger partial charge < -0.3 is 48.3 Å². The predicted molar refractivity (Wildman–Crippen MR) is 210 cm³/mol. The van der Waals surface area contributed by atoms with Gasteiger partial charge in [0.2, 0.25) is 41.1 Å². The van der Waals surface area contributed by atoms with Gasteiger partial charge in [-0.25, -0.2) is 10.9 Å². The predicted octanol–water partition coefficient (Wildman–Crippen LogP) is -1.91. The summed E-state index contributed by atoms with van der Waals surface area (Å²) >= 11 is 1.45. The quantitative estimate of drug-likeness (QED) is 0.0501. The maximum Gasteiger partial charge on any atom is 0.303 e. The molecule has 1 saturated heterocycles. The number of amides is 5. The van der Waals surface area contributed by atoms with Crippen molar-refractivity contribution in [2.24, 2.45) is 23.3 Å². The van der Waals surface area contributed by atoms with Crippen LogP contribution in [0.2, 0.25) is 0 Å². The number of rotatable bonds is 19. The fourth-order valence-electron chi connectivity index (χ4n) is 5.69. The van der Waals surface area contributed by atoms with Crippen molar-refractivity contribution in [3.63, 3.8) is 0 Å². The van der Waals surface area contributed by atoms with Crippen LogP contribution in [0, 0.1) is 11.8 Å². The molecule has 1 aliphatic rings. The number of ketones is 2. The summed E-state index contributed by atoms with van der Waals surface area (Å²) in [6.45, 7) is 10.5. The Bertz CT molecular complexity index is 1380. The van der Waals surface area contributed by atoms with Crippen molar-refractivity contribution in [2.45, 2.75) is 128 Å². The standard InChI is InChI=1S/C36H63N9O10S/c1-7-20(4)30(33(38)52)45-44-29(19(2)3)32(51)31(50)24-10-8-9-16-39-27(47)13-12-25(43-34(53)22(37)11-14-28(48)49)35(54)41-23(15-17-56-6)21(5)40-26(18-46)36(55)42-24/h19-20,22-26,29-30,40,44-46H,5,7-18,37H2,1-4,6H3,(H2,38,52)(H,39,47)(H,41,54)(H,42,55)(H,43,53)(H,48,49)/t20-,22-,23-,24?,25?,26-,29-,30?/m0/s1. The molecule has 0 aliphatic carbocycles. The van der Waals surface area contributed by atoms with E-state index < -0.39 is 102 Å². The molecule has 0 bridgehead atoms. The highest BCUT2D eigenvalue weighted by Gasteiger charge is 2.36. The van der Waals surface area contributed by atoms with Gasteiger partial charge in [-0.2, -0.15) is 11.8 Å². The van der Waals surface area contributed by atoms with Crippen molar-refractivity contribution < 1.29 is 48.6 Å². The molecular weight excluding hydrogens is 751 g/mol. The molecule has 1 fully saturated rings. The molecule has 56 heavy (non-hydrogen) atoms. The molecule has 20 heteroatoms. The number of hydrogen-bond donors (Lipinski definition) is 11. The van der Waals surface area contributed by atoms with Crippen LogP contribution >= 0.6 is 11.8 Å². The van der Waals surface area contributed by atoms with Crippen LogP contribution in [0.15, 0.2) is 12.3 Å². The molecule has 1 rings (SSSR count). The maximum absolute atomic E-state index is 13.8. The smallest absolute Gasteiger partial charge is 0.303 e. The van der Waals surface area contributed by atoms with Gasteiger partial charge >= 0.3 is 5.97 Å². The Morgan fingerprint density at radius 1 is 0.964 bits per heavy atom. The number of primary amides is 1. The first kappa shape index (κ1) is 49.9. The first-order valence-electron chi connectivity index (χ1n) is 19.0. The highest BCUT2D eigenvalue weighted by Crippen LogP contribution is 2.13. The largest absolute Gasteiger partial charge is 0.481 e. The van der Waals surface area contributed by atoms with Crippen LogP contribution in [-0.4, -0.2) is 125 Å². The minimum atomic E-state index is -1.37.